The van der Waals surface area contributed by atoms with Gasteiger partial charge in [-0.1, -0.05) is 0 Å². The van der Waals surface area contributed by atoms with Crippen LogP contribution in [0.25, 0.3) is 0 Å². The standard InChI is InChI=1S/C12H14N2O4S/c1-12(2)11(18)13-8(15)6-14(12)5-7-3-4-19-9(7)10(16)17/h3-4H,5-6H2,1-2H3,(H,16,17)(H,13,15,18). The first-order valence-electron chi connectivity index (χ1n) is 5.71. The summed E-state index contributed by atoms with van der Waals surface area (Å²) in [4.78, 5) is 36.2. The number of nitrogens with zero attached hydrogens (tertiary/aromatic N) is 1. The molecule has 2 rings (SSSR count). The third kappa shape index (κ3) is 2.52. The van der Waals surface area contributed by atoms with E-state index in [2.05, 4.69) is 5.32 Å². The van der Waals surface area contributed by atoms with Gasteiger partial charge in [0.15, 0.2) is 0 Å². The molecule has 1 aliphatic rings. The van der Waals surface area contributed by atoms with Crippen LogP contribution in [-0.4, -0.2) is 39.9 Å². The van der Waals surface area contributed by atoms with Crippen molar-refractivity contribution in [2.45, 2.75) is 25.9 Å². The summed E-state index contributed by atoms with van der Waals surface area (Å²) in [5.74, 6) is -1.72. The van der Waals surface area contributed by atoms with Crippen LogP contribution in [0.3, 0.4) is 0 Å². The number of carboxylic acid groups (broad SMARTS) is 1. The minimum absolute atomic E-state index is 0.0770. The normalized spacial score (nSPS) is 19.3. The highest BCUT2D eigenvalue weighted by atomic mass is 32.1. The monoisotopic (exact) mass is 282 g/mol. The van der Waals surface area contributed by atoms with Gasteiger partial charge in [-0.05, 0) is 30.9 Å². The molecule has 0 saturated carbocycles. The number of aromatic carboxylic acids is 1. The molecule has 2 amide bonds. The van der Waals surface area contributed by atoms with E-state index in [1.165, 1.54) is 0 Å². The maximum atomic E-state index is 11.8. The van der Waals surface area contributed by atoms with Crippen LogP contribution in [0.5, 0.6) is 0 Å². The van der Waals surface area contributed by atoms with Crippen molar-refractivity contribution < 1.29 is 19.5 Å². The zero-order valence-electron chi connectivity index (χ0n) is 10.6. The van der Waals surface area contributed by atoms with Crippen molar-refractivity contribution in [2.75, 3.05) is 6.54 Å². The van der Waals surface area contributed by atoms with Gasteiger partial charge in [0.2, 0.25) is 11.8 Å². The lowest BCUT2D eigenvalue weighted by atomic mass is 9.98. The Hall–Kier alpha value is -1.73. The molecule has 1 aliphatic heterocycles. The second-order valence-electron chi connectivity index (χ2n) is 4.87. The first-order valence-corrected chi connectivity index (χ1v) is 6.59. The largest absolute Gasteiger partial charge is 0.477 e. The number of hydrogen-bond acceptors (Lipinski definition) is 5. The van der Waals surface area contributed by atoms with E-state index in [0.717, 1.165) is 11.3 Å². The fraction of sp³-hybridized carbons (Fsp3) is 0.417. The molecule has 0 aromatic carbocycles. The summed E-state index contributed by atoms with van der Waals surface area (Å²) in [5, 5.41) is 13.0. The molecule has 0 atom stereocenters. The van der Waals surface area contributed by atoms with Gasteiger partial charge >= 0.3 is 5.97 Å². The molecule has 2 heterocycles. The highest BCUT2D eigenvalue weighted by Gasteiger charge is 2.41. The number of carbonyl (C=O) groups is 3. The Morgan fingerprint density at radius 2 is 2.21 bits per heavy atom. The van der Waals surface area contributed by atoms with E-state index in [1.54, 1.807) is 30.2 Å². The molecule has 7 heteroatoms. The number of carbonyl (C=O) groups excluding carboxylic acids is 2. The fourth-order valence-electron chi connectivity index (χ4n) is 1.94. The van der Waals surface area contributed by atoms with Crippen molar-refractivity contribution >= 4 is 29.1 Å². The van der Waals surface area contributed by atoms with Crippen molar-refractivity contribution in [1.29, 1.82) is 0 Å². The molecule has 0 bridgehead atoms. The smallest absolute Gasteiger partial charge is 0.346 e. The number of piperazine rings is 1. The summed E-state index contributed by atoms with van der Waals surface area (Å²) < 4.78 is 0. The SMILES string of the molecule is CC1(C)C(=O)NC(=O)CN1Cc1ccsc1C(=O)O. The van der Waals surface area contributed by atoms with Crippen LogP contribution in [0, 0.1) is 0 Å². The topological polar surface area (TPSA) is 86.7 Å². The quantitative estimate of drug-likeness (QED) is 0.796. The van der Waals surface area contributed by atoms with E-state index >= 15 is 0 Å². The number of imide groups is 1. The summed E-state index contributed by atoms with van der Waals surface area (Å²) in [7, 11) is 0. The van der Waals surface area contributed by atoms with E-state index in [4.69, 9.17) is 5.11 Å². The Labute approximate surface area is 114 Å². The van der Waals surface area contributed by atoms with Gasteiger partial charge in [-0.15, -0.1) is 11.3 Å². The van der Waals surface area contributed by atoms with Crippen LogP contribution in [-0.2, 0) is 16.1 Å². The lowest BCUT2D eigenvalue weighted by Crippen LogP contribution is -2.63. The Morgan fingerprint density at radius 3 is 2.84 bits per heavy atom. The predicted octanol–water partition coefficient (Wildman–Crippen LogP) is 0.683. The summed E-state index contributed by atoms with van der Waals surface area (Å²) in [6, 6.07) is 1.71. The van der Waals surface area contributed by atoms with Crippen LogP contribution in [0.4, 0.5) is 0 Å². The average Bonchev–Trinajstić information content (AvgIpc) is 2.74. The van der Waals surface area contributed by atoms with Gasteiger partial charge < -0.3 is 5.11 Å². The highest BCUT2D eigenvalue weighted by molar-refractivity contribution is 7.12. The van der Waals surface area contributed by atoms with Gasteiger partial charge in [-0.2, -0.15) is 0 Å². The van der Waals surface area contributed by atoms with E-state index < -0.39 is 11.5 Å². The second-order valence-corrected chi connectivity index (χ2v) is 5.79. The van der Waals surface area contributed by atoms with Gasteiger partial charge in [0, 0.05) is 6.54 Å². The number of thiophene rings is 1. The Balaban J connectivity index is 2.26. The summed E-state index contributed by atoms with van der Waals surface area (Å²) in [5.41, 5.74) is -0.223. The van der Waals surface area contributed by atoms with Crippen molar-refractivity contribution in [3.63, 3.8) is 0 Å². The molecule has 0 aliphatic carbocycles. The molecule has 0 unspecified atom stereocenters. The van der Waals surface area contributed by atoms with Crippen molar-refractivity contribution in [2.24, 2.45) is 0 Å². The van der Waals surface area contributed by atoms with Gasteiger partial charge in [0.05, 0.1) is 12.1 Å². The van der Waals surface area contributed by atoms with Gasteiger partial charge in [-0.25, -0.2) is 4.79 Å². The Morgan fingerprint density at radius 1 is 1.53 bits per heavy atom. The number of hydrogen-bond donors (Lipinski definition) is 2. The van der Waals surface area contributed by atoms with Crippen LogP contribution in [0.1, 0.15) is 29.1 Å². The maximum absolute atomic E-state index is 11.8. The lowest BCUT2D eigenvalue weighted by molar-refractivity contribution is -0.145. The molecule has 1 fully saturated rings. The molecule has 19 heavy (non-hydrogen) atoms. The fourth-order valence-corrected chi connectivity index (χ4v) is 2.69. The first-order chi connectivity index (χ1) is 8.82. The molecule has 1 saturated heterocycles. The van der Waals surface area contributed by atoms with Crippen LogP contribution in [0.2, 0.25) is 0 Å². The van der Waals surface area contributed by atoms with E-state index in [1.807, 2.05) is 0 Å². The molecule has 1 aromatic rings. The van der Waals surface area contributed by atoms with Crippen molar-refractivity contribution in [1.82, 2.24) is 10.2 Å². The van der Waals surface area contributed by atoms with Crippen molar-refractivity contribution in [3.8, 4) is 0 Å². The van der Waals surface area contributed by atoms with Gasteiger partial charge in [0.1, 0.15) is 4.88 Å². The molecule has 2 N–H and O–H groups in total. The Bertz CT molecular complexity index is 550. The van der Waals surface area contributed by atoms with E-state index in [0.29, 0.717) is 5.56 Å². The Kier molecular flexibility index (Phi) is 3.42. The molecular formula is C12H14N2O4S. The van der Waals surface area contributed by atoms with Crippen LogP contribution < -0.4 is 5.32 Å². The van der Waals surface area contributed by atoms with E-state index in [9.17, 15) is 14.4 Å². The average molecular weight is 282 g/mol. The number of amides is 2. The molecule has 102 valence electrons. The van der Waals surface area contributed by atoms with Gasteiger partial charge in [-0.3, -0.25) is 19.8 Å². The number of carboxylic acids is 1. The van der Waals surface area contributed by atoms with E-state index in [-0.39, 0.29) is 29.8 Å². The number of rotatable bonds is 3. The molecule has 6 nitrogen and oxygen atoms in total. The van der Waals surface area contributed by atoms with Crippen molar-refractivity contribution in [3.05, 3.63) is 21.9 Å². The molecule has 1 aromatic heterocycles. The highest BCUT2D eigenvalue weighted by Crippen LogP contribution is 2.24. The minimum atomic E-state index is -0.990. The van der Waals surface area contributed by atoms with Crippen LogP contribution in [0.15, 0.2) is 11.4 Å². The lowest BCUT2D eigenvalue weighted by Gasteiger charge is -2.40. The minimum Gasteiger partial charge on any atom is -0.477 e. The molecular weight excluding hydrogens is 268 g/mol. The molecule has 0 radical (unpaired) electrons. The molecule has 0 spiro atoms. The maximum Gasteiger partial charge on any atom is 0.346 e. The summed E-state index contributed by atoms with van der Waals surface area (Å²) in [6.45, 7) is 3.76. The zero-order valence-corrected chi connectivity index (χ0v) is 11.4. The third-order valence-electron chi connectivity index (χ3n) is 3.24. The summed E-state index contributed by atoms with van der Waals surface area (Å²) >= 11 is 1.14. The number of nitrogens with one attached hydrogen (secondary N) is 1. The first kappa shape index (κ1) is 13.7. The predicted molar refractivity (Wildman–Crippen MR) is 68.9 cm³/mol. The third-order valence-corrected chi connectivity index (χ3v) is 4.18. The van der Waals surface area contributed by atoms with Crippen LogP contribution >= 0.6 is 11.3 Å². The second kappa shape index (κ2) is 4.75. The van der Waals surface area contributed by atoms with Gasteiger partial charge in [0.25, 0.3) is 0 Å². The summed E-state index contributed by atoms with van der Waals surface area (Å²) in [6.07, 6.45) is 0. The zero-order chi connectivity index (χ0) is 14.2.